The topological polar surface area (TPSA) is 76.2 Å². The second-order valence-corrected chi connectivity index (χ2v) is 7.91. The number of fused-ring (bicyclic) bond motifs is 1. The van der Waals surface area contributed by atoms with Gasteiger partial charge >= 0.3 is 0 Å². The molecule has 0 aliphatic carbocycles. The Kier molecular flexibility index (Phi) is 6.93. The Morgan fingerprint density at radius 1 is 1.03 bits per heavy atom. The summed E-state index contributed by atoms with van der Waals surface area (Å²) in [4.78, 5) is 20.6. The molecule has 4 rings (SSSR count). The van der Waals surface area contributed by atoms with Crippen molar-refractivity contribution >= 4 is 16.8 Å². The van der Waals surface area contributed by atoms with Crippen LogP contribution in [0.15, 0.2) is 67.1 Å². The summed E-state index contributed by atoms with van der Waals surface area (Å²) in [7, 11) is 3.25. The third kappa shape index (κ3) is 4.70. The van der Waals surface area contributed by atoms with E-state index in [0.717, 1.165) is 34.0 Å². The van der Waals surface area contributed by atoms with Gasteiger partial charge in [0.25, 0.3) is 0 Å². The maximum Gasteiger partial charge on any atom is 0.221 e. The highest BCUT2D eigenvalue weighted by atomic mass is 16.5. The van der Waals surface area contributed by atoms with E-state index in [1.54, 1.807) is 26.6 Å². The summed E-state index contributed by atoms with van der Waals surface area (Å²) in [5.74, 6) is 1.04. The summed E-state index contributed by atoms with van der Waals surface area (Å²) in [5.41, 5.74) is 5.34. The molecule has 4 aromatic rings. The fourth-order valence-electron chi connectivity index (χ4n) is 4.35. The van der Waals surface area contributed by atoms with E-state index in [1.165, 1.54) is 5.56 Å². The number of carbonyl (C=O) groups excluding carboxylic acids is 1. The fraction of sp³-hybridized carbons (Fsp3) is 0.259. The van der Waals surface area contributed by atoms with E-state index < -0.39 is 0 Å². The van der Waals surface area contributed by atoms with Gasteiger partial charge in [-0.3, -0.25) is 9.78 Å². The van der Waals surface area contributed by atoms with Gasteiger partial charge in [0, 0.05) is 53.9 Å². The molecule has 2 N–H and O–H groups in total. The standard InChI is InChI=1S/C27H29N3O3/c1-4-19-7-5-8-20-23(17-30-26(19)20)22(21-9-6-10-24(32-2)27(21)33-3)15-25(31)29-16-18-11-13-28-14-12-18/h5-14,17,22,30H,4,15-16H2,1-3H3,(H,29,31). The molecule has 2 heterocycles. The zero-order valence-corrected chi connectivity index (χ0v) is 19.2. The molecule has 1 atom stereocenters. The molecule has 0 saturated heterocycles. The number of aromatic amines is 1. The summed E-state index contributed by atoms with van der Waals surface area (Å²) >= 11 is 0. The van der Waals surface area contributed by atoms with E-state index in [9.17, 15) is 4.79 Å². The van der Waals surface area contributed by atoms with Crippen molar-refractivity contribution in [3.05, 3.63) is 89.4 Å². The molecule has 0 bridgehead atoms. The smallest absolute Gasteiger partial charge is 0.221 e. The van der Waals surface area contributed by atoms with Crippen LogP contribution in [0.1, 0.15) is 41.5 Å². The Morgan fingerprint density at radius 2 is 1.82 bits per heavy atom. The molecular weight excluding hydrogens is 414 g/mol. The molecule has 6 nitrogen and oxygen atoms in total. The van der Waals surface area contributed by atoms with Gasteiger partial charge in [-0.2, -0.15) is 0 Å². The number of ether oxygens (including phenoxy) is 2. The molecule has 0 radical (unpaired) electrons. The molecule has 33 heavy (non-hydrogen) atoms. The van der Waals surface area contributed by atoms with Gasteiger partial charge in [0.15, 0.2) is 11.5 Å². The van der Waals surface area contributed by atoms with Crippen LogP contribution in [0.3, 0.4) is 0 Å². The van der Waals surface area contributed by atoms with E-state index in [0.29, 0.717) is 18.0 Å². The maximum absolute atomic E-state index is 13.1. The van der Waals surface area contributed by atoms with Gasteiger partial charge in [0.1, 0.15) is 0 Å². The number of methoxy groups -OCH3 is 2. The molecule has 0 saturated carbocycles. The lowest BCUT2D eigenvalue weighted by molar-refractivity contribution is -0.121. The summed E-state index contributed by atoms with van der Waals surface area (Å²) in [5, 5.41) is 4.17. The van der Waals surface area contributed by atoms with E-state index in [2.05, 4.69) is 40.4 Å². The van der Waals surface area contributed by atoms with Gasteiger partial charge < -0.3 is 19.8 Å². The van der Waals surface area contributed by atoms with Gasteiger partial charge in [-0.15, -0.1) is 0 Å². The predicted octanol–water partition coefficient (Wildman–Crippen LogP) is 4.98. The Hall–Kier alpha value is -3.80. The van der Waals surface area contributed by atoms with E-state index in [4.69, 9.17) is 9.47 Å². The second-order valence-electron chi connectivity index (χ2n) is 7.91. The van der Waals surface area contributed by atoms with Gasteiger partial charge in [0.2, 0.25) is 5.91 Å². The average molecular weight is 444 g/mol. The quantitative estimate of drug-likeness (QED) is 0.382. The molecule has 0 aliphatic rings. The van der Waals surface area contributed by atoms with Crippen LogP contribution in [0.2, 0.25) is 0 Å². The second kappa shape index (κ2) is 10.2. The van der Waals surface area contributed by atoms with Gasteiger partial charge in [0.05, 0.1) is 14.2 Å². The third-order valence-corrected chi connectivity index (χ3v) is 6.03. The number of para-hydroxylation sites is 2. The molecule has 0 fully saturated rings. The zero-order valence-electron chi connectivity index (χ0n) is 19.2. The molecular formula is C27H29N3O3. The first kappa shape index (κ1) is 22.4. The molecule has 0 aliphatic heterocycles. The molecule has 2 aromatic heterocycles. The number of carbonyl (C=O) groups is 1. The van der Waals surface area contributed by atoms with Gasteiger partial charge in [-0.25, -0.2) is 0 Å². The molecule has 170 valence electrons. The van der Waals surface area contributed by atoms with Crippen LogP contribution in [0, 0.1) is 0 Å². The first-order chi connectivity index (χ1) is 16.2. The van der Waals surface area contributed by atoms with Crippen LogP contribution in [0.4, 0.5) is 0 Å². The predicted molar refractivity (Wildman–Crippen MR) is 130 cm³/mol. The van der Waals surface area contributed by atoms with E-state index >= 15 is 0 Å². The van der Waals surface area contributed by atoms with Crippen LogP contribution in [0.5, 0.6) is 11.5 Å². The monoisotopic (exact) mass is 443 g/mol. The summed E-state index contributed by atoms with van der Waals surface area (Å²) in [6.07, 6.45) is 6.67. The van der Waals surface area contributed by atoms with E-state index in [-0.39, 0.29) is 18.2 Å². The van der Waals surface area contributed by atoms with E-state index in [1.807, 2.05) is 36.5 Å². The van der Waals surface area contributed by atoms with Crippen molar-refractivity contribution in [1.82, 2.24) is 15.3 Å². The maximum atomic E-state index is 13.1. The summed E-state index contributed by atoms with van der Waals surface area (Å²) < 4.78 is 11.3. The van der Waals surface area contributed by atoms with Crippen LogP contribution in [-0.4, -0.2) is 30.1 Å². The van der Waals surface area contributed by atoms with Crippen molar-refractivity contribution < 1.29 is 14.3 Å². The lowest BCUT2D eigenvalue weighted by atomic mass is 9.86. The normalized spacial score (nSPS) is 11.8. The number of hydrogen-bond acceptors (Lipinski definition) is 4. The highest BCUT2D eigenvalue weighted by Crippen LogP contribution is 2.42. The SMILES string of the molecule is CCc1cccc2c(C(CC(=O)NCc3ccncc3)c3cccc(OC)c3OC)c[nH]c12. The lowest BCUT2D eigenvalue weighted by Crippen LogP contribution is -2.25. The van der Waals surface area contributed by atoms with Crippen molar-refractivity contribution in [1.29, 1.82) is 0 Å². The first-order valence-corrected chi connectivity index (χ1v) is 11.1. The van der Waals surface area contributed by atoms with Crippen LogP contribution in [0.25, 0.3) is 10.9 Å². The molecule has 6 heteroatoms. The number of pyridine rings is 1. The number of hydrogen-bond donors (Lipinski definition) is 2. The van der Waals surface area contributed by atoms with Crippen molar-refractivity contribution in [2.24, 2.45) is 0 Å². The molecule has 1 amide bonds. The Balaban J connectivity index is 1.73. The number of amides is 1. The minimum Gasteiger partial charge on any atom is -0.493 e. The molecule has 1 unspecified atom stereocenters. The highest BCUT2D eigenvalue weighted by Gasteiger charge is 2.26. The minimum atomic E-state index is -0.214. The summed E-state index contributed by atoms with van der Waals surface area (Å²) in [6.45, 7) is 2.60. The molecule has 0 spiro atoms. The Bertz CT molecular complexity index is 1230. The lowest BCUT2D eigenvalue weighted by Gasteiger charge is -2.21. The minimum absolute atomic E-state index is 0.0392. The number of aromatic nitrogens is 2. The van der Waals surface area contributed by atoms with Gasteiger partial charge in [-0.1, -0.05) is 37.3 Å². The number of nitrogens with one attached hydrogen (secondary N) is 2. The number of nitrogens with zero attached hydrogens (tertiary/aromatic N) is 1. The highest BCUT2D eigenvalue weighted by molar-refractivity contribution is 5.88. The van der Waals surface area contributed by atoms with Crippen molar-refractivity contribution in [3.8, 4) is 11.5 Å². The van der Waals surface area contributed by atoms with Crippen LogP contribution < -0.4 is 14.8 Å². The average Bonchev–Trinajstić information content (AvgIpc) is 3.30. The Labute approximate surface area is 194 Å². The number of benzene rings is 2. The fourth-order valence-corrected chi connectivity index (χ4v) is 4.35. The van der Waals surface area contributed by atoms with Crippen molar-refractivity contribution in [2.45, 2.75) is 32.2 Å². The number of aryl methyl sites for hydroxylation is 1. The number of rotatable bonds is 9. The third-order valence-electron chi connectivity index (χ3n) is 6.03. The summed E-state index contributed by atoms with van der Waals surface area (Å²) in [6, 6.07) is 15.9. The zero-order chi connectivity index (χ0) is 23.2. The van der Waals surface area contributed by atoms with Crippen LogP contribution >= 0.6 is 0 Å². The Morgan fingerprint density at radius 3 is 2.55 bits per heavy atom. The van der Waals surface area contributed by atoms with Crippen molar-refractivity contribution in [2.75, 3.05) is 14.2 Å². The molecule has 2 aromatic carbocycles. The first-order valence-electron chi connectivity index (χ1n) is 11.1. The van der Waals surface area contributed by atoms with Gasteiger partial charge in [-0.05, 0) is 41.3 Å². The van der Waals surface area contributed by atoms with Crippen LogP contribution in [-0.2, 0) is 17.8 Å². The number of H-pyrrole nitrogens is 1. The largest absolute Gasteiger partial charge is 0.493 e. The van der Waals surface area contributed by atoms with Crippen molar-refractivity contribution in [3.63, 3.8) is 0 Å².